The van der Waals surface area contributed by atoms with Gasteiger partial charge in [-0.15, -0.1) is 11.3 Å². The standard InChI is InChI=1S/C24H26N4O2S/c1-2-18-8-6-7-11-20(18)25-22(29)16-27-12-14-28(15-13-27)24(30)21-17-31-23(26-21)19-9-4-3-5-10-19/h3-11,17H,2,12-16H2,1H3,(H,25,29). The quantitative estimate of drug-likeness (QED) is 0.641. The number of anilines is 1. The van der Waals surface area contributed by atoms with Crippen molar-refractivity contribution in [1.82, 2.24) is 14.8 Å². The second-order valence-electron chi connectivity index (χ2n) is 7.53. The number of benzene rings is 2. The first kappa shape index (κ1) is 21.2. The molecular weight excluding hydrogens is 408 g/mol. The Morgan fingerprint density at radius 2 is 1.71 bits per heavy atom. The van der Waals surface area contributed by atoms with Crippen LogP contribution in [0.3, 0.4) is 0 Å². The summed E-state index contributed by atoms with van der Waals surface area (Å²) in [7, 11) is 0. The van der Waals surface area contributed by atoms with Crippen molar-refractivity contribution in [2.75, 3.05) is 38.0 Å². The Morgan fingerprint density at radius 1 is 1.00 bits per heavy atom. The number of hydrogen-bond donors (Lipinski definition) is 1. The van der Waals surface area contributed by atoms with E-state index in [0.717, 1.165) is 28.2 Å². The third-order valence-electron chi connectivity index (χ3n) is 5.44. The Bertz CT molecular complexity index is 1040. The average molecular weight is 435 g/mol. The van der Waals surface area contributed by atoms with Crippen molar-refractivity contribution in [3.63, 3.8) is 0 Å². The lowest BCUT2D eigenvalue weighted by molar-refractivity contribution is -0.117. The molecule has 2 amide bonds. The largest absolute Gasteiger partial charge is 0.335 e. The molecule has 4 rings (SSSR count). The van der Waals surface area contributed by atoms with E-state index in [1.165, 1.54) is 11.3 Å². The molecule has 1 aliphatic heterocycles. The van der Waals surface area contributed by atoms with Gasteiger partial charge in [-0.3, -0.25) is 14.5 Å². The molecule has 0 radical (unpaired) electrons. The molecule has 2 aromatic carbocycles. The number of thiazole rings is 1. The van der Waals surface area contributed by atoms with Gasteiger partial charge in [-0.2, -0.15) is 0 Å². The van der Waals surface area contributed by atoms with Gasteiger partial charge in [0.2, 0.25) is 5.91 Å². The molecule has 31 heavy (non-hydrogen) atoms. The molecule has 3 aromatic rings. The third kappa shape index (κ3) is 5.18. The SMILES string of the molecule is CCc1ccccc1NC(=O)CN1CCN(C(=O)c2csc(-c3ccccc3)n2)CC1. The zero-order valence-corrected chi connectivity index (χ0v) is 18.4. The van der Waals surface area contributed by atoms with E-state index in [4.69, 9.17) is 0 Å². The smallest absolute Gasteiger partial charge is 0.273 e. The first-order chi connectivity index (χ1) is 15.1. The van der Waals surface area contributed by atoms with E-state index < -0.39 is 0 Å². The number of amides is 2. The van der Waals surface area contributed by atoms with Crippen molar-refractivity contribution in [3.8, 4) is 10.6 Å². The summed E-state index contributed by atoms with van der Waals surface area (Å²) in [4.78, 5) is 33.8. The monoisotopic (exact) mass is 434 g/mol. The first-order valence-corrected chi connectivity index (χ1v) is 11.4. The van der Waals surface area contributed by atoms with Gasteiger partial charge in [-0.05, 0) is 18.1 Å². The van der Waals surface area contributed by atoms with Gasteiger partial charge in [0.1, 0.15) is 10.7 Å². The van der Waals surface area contributed by atoms with Crippen molar-refractivity contribution in [2.45, 2.75) is 13.3 Å². The molecular formula is C24H26N4O2S. The summed E-state index contributed by atoms with van der Waals surface area (Å²) < 4.78 is 0. The van der Waals surface area contributed by atoms with E-state index in [2.05, 4.69) is 22.1 Å². The van der Waals surface area contributed by atoms with Crippen molar-refractivity contribution >= 4 is 28.8 Å². The number of nitrogens with one attached hydrogen (secondary N) is 1. The van der Waals surface area contributed by atoms with Crippen LogP contribution in [0.15, 0.2) is 60.0 Å². The summed E-state index contributed by atoms with van der Waals surface area (Å²) >= 11 is 1.49. The van der Waals surface area contributed by atoms with Gasteiger partial charge < -0.3 is 10.2 Å². The Kier molecular flexibility index (Phi) is 6.74. The topological polar surface area (TPSA) is 65.5 Å². The Hall–Kier alpha value is -3.03. The molecule has 7 heteroatoms. The van der Waals surface area contributed by atoms with Crippen LogP contribution >= 0.6 is 11.3 Å². The molecule has 2 heterocycles. The Morgan fingerprint density at radius 3 is 2.45 bits per heavy atom. The fourth-order valence-corrected chi connectivity index (χ4v) is 4.50. The highest BCUT2D eigenvalue weighted by Crippen LogP contribution is 2.24. The van der Waals surface area contributed by atoms with Gasteiger partial charge in [0.25, 0.3) is 5.91 Å². The molecule has 1 aliphatic rings. The molecule has 1 N–H and O–H groups in total. The van der Waals surface area contributed by atoms with E-state index in [-0.39, 0.29) is 11.8 Å². The molecule has 6 nitrogen and oxygen atoms in total. The highest BCUT2D eigenvalue weighted by molar-refractivity contribution is 7.13. The number of hydrogen-bond acceptors (Lipinski definition) is 5. The zero-order valence-electron chi connectivity index (χ0n) is 17.6. The van der Waals surface area contributed by atoms with Gasteiger partial charge in [0.05, 0.1) is 6.54 Å². The number of aryl methyl sites for hydroxylation is 1. The van der Waals surface area contributed by atoms with E-state index in [9.17, 15) is 9.59 Å². The maximum absolute atomic E-state index is 12.9. The molecule has 0 unspecified atom stereocenters. The van der Waals surface area contributed by atoms with E-state index in [0.29, 0.717) is 38.4 Å². The van der Waals surface area contributed by atoms with Crippen LogP contribution in [0.1, 0.15) is 23.0 Å². The molecule has 1 aromatic heterocycles. The lowest BCUT2D eigenvalue weighted by Gasteiger charge is -2.34. The maximum atomic E-state index is 12.9. The lowest BCUT2D eigenvalue weighted by Crippen LogP contribution is -2.50. The van der Waals surface area contributed by atoms with Crippen LogP contribution in [0, 0.1) is 0 Å². The minimum absolute atomic E-state index is 0.0207. The number of rotatable bonds is 6. The minimum Gasteiger partial charge on any atom is -0.335 e. The summed E-state index contributed by atoms with van der Waals surface area (Å²) in [6.07, 6.45) is 0.875. The predicted molar refractivity (Wildman–Crippen MR) is 124 cm³/mol. The van der Waals surface area contributed by atoms with Crippen molar-refractivity contribution < 1.29 is 9.59 Å². The first-order valence-electron chi connectivity index (χ1n) is 10.5. The summed E-state index contributed by atoms with van der Waals surface area (Å²) in [5.74, 6) is -0.0629. The van der Waals surface area contributed by atoms with Crippen LogP contribution in [-0.4, -0.2) is 59.3 Å². The highest BCUT2D eigenvalue weighted by atomic mass is 32.1. The van der Waals surface area contributed by atoms with Gasteiger partial charge in [0, 0.05) is 42.8 Å². The van der Waals surface area contributed by atoms with Crippen molar-refractivity contribution in [2.24, 2.45) is 0 Å². The van der Waals surface area contributed by atoms with Crippen LogP contribution in [0.25, 0.3) is 10.6 Å². The molecule has 0 atom stereocenters. The minimum atomic E-state index is -0.0422. The van der Waals surface area contributed by atoms with Gasteiger partial charge in [-0.25, -0.2) is 4.98 Å². The highest BCUT2D eigenvalue weighted by Gasteiger charge is 2.25. The van der Waals surface area contributed by atoms with Gasteiger partial charge in [0.15, 0.2) is 0 Å². The number of carbonyl (C=O) groups is 2. The number of aromatic nitrogens is 1. The third-order valence-corrected chi connectivity index (χ3v) is 6.33. The van der Waals surface area contributed by atoms with Crippen LogP contribution in [0.2, 0.25) is 0 Å². The van der Waals surface area contributed by atoms with Gasteiger partial charge in [-0.1, -0.05) is 55.5 Å². The fourth-order valence-electron chi connectivity index (χ4n) is 3.70. The summed E-state index contributed by atoms with van der Waals surface area (Å²) in [6, 6.07) is 17.8. The number of nitrogens with zero attached hydrogens (tertiary/aromatic N) is 3. The fraction of sp³-hybridized carbons (Fsp3) is 0.292. The molecule has 1 fully saturated rings. The summed E-state index contributed by atoms with van der Waals surface area (Å²) in [6.45, 7) is 4.93. The number of carbonyl (C=O) groups excluding carboxylic acids is 2. The Balaban J connectivity index is 1.29. The van der Waals surface area contributed by atoms with Crippen LogP contribution < -0.4 is 5.32 Å². The van der Waals surface area contributed by atoms with Crippen molar-refractivity contribution in [1.29, 1.82) is 0 Å². The maximum Gasteiger partial charge on any atom is 0.273 e. The normalized spacial score (nSPS) is 14.4. The van der Waals surface area contributed by atoms with E-state index >= 15 is 0 Å². The van der Waals surface area contributed by atoms with E-state index in [1.807, 2.05) is 64.9 Å². The number of para-hydroxylation sites is 1. The molecule has 1 saturated heterocycles. The van der Waals surface area contributed by atoms with Crippen LogP contribution in [0.4, 0.5) is 5.69 Å². The molecule has 0 aliphatic carbocycles. The zero-order chi connectivity index (χ0) is 21.6. The second-order valence-corrected chi connectivity index (χ2v) is 8.39. The van der Waals surface area contributed by atoms with Gasteiger partial charge >= 0.3 is 0 Å². The summed E-state index contributed by atoms with van der Waals surface area (Å²) in [5, 5.41) is 5.70. The number of piperazine rings is 1. The lowest BCUT2D eigenvalue weighted by atomic mass is 10.1. The van der Waals surface area contributed by atoms with Crippen LogP contribution in [0.5, 0.6) is 0 Å². The Labute approximate surface area is 186 Å². The van der Waals surface area contributed by atoms with Crippen molar-refractivity contribution in [3.05, 3.63) is 71.2 Å². The molecule has 0 saturated carbocycles. The van der Waals surface area contributed by atoms with Crippen LogP contribution in [-0.2, 0) is 11.2 Å². The second kappa shape index (κ2) is 9.85. The molecule has 0 bridgehead atoms. The summed E-state index contributed by atoms with van der Waals surface area (Å²) in [5.41, 5.74) is 3.52. The molecule has 160 valence electrons. The molecule has 0 spiro atoms. The average Bonchev–Trinajstić information content (AvgIpc) is 3.30. The predicted octanol–water partition coefficient (Wildman–Crippen LogP) is 3.77. The van der Waals surface area contributed by atoms with E-state index in [1.54, 1.807) is 0 Å².